The minimum absolute atomic E-state index is 0.0796. The molecule has 0 saturated carbocycles. The maximum absolute atomic E-state index is 12.9. The van der Waals surface area contributed by atoms with Gasteiger partial charge in [-0.15, -0.1) is 0 Å². The molecular formula is C29H25Cl2N7O2. The largest absolute Gasteiger partial charge is 0.360 e. The third-order valence-electron chi connectivity index (χ3n) is 7.09. The van der Waals surface area contributed by atoms with E-state index in [2.05, 4.69) is 20.5 Å². The predicted molar refractivity (Wildman–Crippen MR) is 157 cm³/mol. The smallest absolute Gasteiger partial charge is 0.256 e. The lowest BCUT2D eigenvalue weighted by Gasteiger charge is -2.33. The Hall–Kier alpha value is -4.34. The number of carbonyl (C=O) groups is 2. The number of benzene rings is 3. The Kier molecular flexibility index (Phi) is 6.91. The summed E-state index contributed by atoms with van der Waals surface area (Å²) in [6, 6.07) is 20.4. The molecule has 9 nitrogen and oxygen atoms in total. The molecule has 40 heavy (non-hydrogen) atoms. The first-order valence-electron chi connectivity index (χ1n) is 12.7. The molecule has 3 aromatic carbocycles. The first-order chi connectivity index (χ1) is 19.4. The summed E-state index contributed by atoms with van der Waals surface area (Å²) in [5.41, 5.74) is 5.62. The standard InChI is InChI=1S/C29H25Cl2N7O2/c1-36-11-12-37(16-28(36)39)20-8-5-18(6-9-20)29(40)33-27-14-25(34-35-27)19-7-10-24-26(13-19)38(17-32-24)15-21-22(30)3-2-4-23(21)31/h2-10,13-14,17H,11-12,15-16H2,1H3,(H2,33,34,35,40). The number of amides is 2. The van der Waals surface area contributed by atoms with E-state index in [-0.39, 0.29) is 11.8 Å². The third kappa shape index (κ3) is 5.13. The zero-order chi connectivity index (χ0) is 27.8. The van der Waals surface area contributed by atoms with E-state index in [1.165, 1.54) is 0 Å². The van der Waals surface area contributed by atoms with E-state index >= 15 is 0 Å². The lowest BCUT2D eigenvalue weighted by molar-refractivity contribution is -0.129. The summed E-state index contributed by atoms with van der Waals surface area (Å²) in [6.07, 6.45) is 1.76. The Bertz CT molecular complexity index is 1710. The molecule has 0 atom stereocenters. The van der Waals surface area contributed by atoms with Crippen molar-refractivity contribution in [3.63, 3.8) is 0 Å². The summed E-state index contributed by atoms with van der Waals surface area (Å²) in [6.45, 7) is 2.24. The van der Waals surface area contributed by atoms with Crippen LogP contribution in [0.5, 0.6) is 0 Å². The number of anilines is 2. The number of carbonyl (C=O) groups excluding carboxylic acids is 2. The number of rotatable bonds is 6. The van der Waals surface area contributed by atoms with Crippen LogP contribution < -0.4 is 10.2 Å². The van der Waals surface area contributed by atoms with Gasteiger partial charge in [0.05, 0.1) is 36.1 Å². The van der Waals surface area contributed by atoms with Gasteiger partial charge in [-0.1, -0.05) is 35.3 Å². The van der Waals surface area contributed by atoms with E-state index < -0.39 is 0 Å². The molecule has 1 aliphatic rings. The van der Waals surface area contributed by atoms with Crippen molar-refractivity contribution in [1.82, 2.24) is 24.6 Å². The Morgan fingerprint density at radius 1 is 1.02 bits per heavy atom. The topological polar surface area (TPSA) is 99.2 Å². The van der Waals surface area contributed by atoms with Gasteiger partial charge in [0.25, 0.3) is 5.91 Å². The third-order valence-corrected chi connectivity index (χ3v) is 7.80. The average molecular weight is 574 g/mol. The predicted octanol–water partition coefficient (Wildman–Crippen LogP) is 5.31. The van der Waals surface area contributed by atoms with E-state index in [1.54, 1.807) is 36.5 Å². The molecule has 1 fully saturated rings. The number of hydrogen-bond acceptors (Lipinski definition) is 5. The second kappa shape index (κ2) is 10.7. The number of nitrogens with one attached hydrogen (secondary N) is 2. The van der Waals surface area contributed by atoms with Crippen LogP contribution in [0.25, 0.3) is 22.3 Å². The van der Waals surface area contributed by atoms with Crippen molar-refractivity contribution < 1.29 is 9.59 Å². The molecule has 0 bridgehead atoms. The van der Waals surface area contributed by atoms with Crippen molar-refractivity contribution in [2.24, 2.45) is 0 Å². The fourth-order valence-corrected chi connectivity index (χ4v) is 5.25. The molecule has 3 heterocycles. The first-order valence-corrected chi connectivity index (χ1v) is 13.5. The van der Waals surface area contributed by atoms with Crippen molar-refractivity contribution >= 4 is 57.6 Å². The Balaban J connectivity index is 1.16. The maximum atomic E-state index is 12.9. The minimum Gasteiger partial charge on any atom is -0.360 e. The highest BCUT2D eigenvalue weighted by Gasteiger charge is 2.21. The van der Waals surface area contributed by atoms with Gasteiger partial charge in [0.15, 0.2) is 5.82 Å². The van der Waals surface area contributed by atoms with Crippen LogP contribution in [0.15, 0.2) is 73.1 Å². The summed E-state index contributed by atoms with van der Waals surface area (Å²) in [4.78, 5) is 33.1. The fourth-order valence-electron chi connectivity index (χ4n) is 4.73. The van der Waals surface area contributed by atoms with E-state index in [1.807, 2.05) is 58.0 Å². The number of H-pyrrole nitrogens is 1. The number of hydrogen-bond donors (Lipinski definition) is 2. The van der Waals surface area contributed by atoms with Crippen molar-refractivity contribution in [1.29, 1.82) is 0 Å². The van der Waals surface area contributed by atoms with Gasteiger partial charge in [-0.25, -0.2) is 4.98 Å². The Morgan fingerprint density at radius 2 is 1.80 bits per heavy atom. The van der Waals surface area contributed by atoms with E-state index in [0.717, 1.165) is 40.1 Å². The van der Waals surface area contributed by atoms with E-state index in [9.17, 15) is 9.59 Å². The number of imidazole rings is 1. The van der Waals surface area contributed by atoms with Gasteiger partial charge in [0.2, 0.25) is 5.91 Å². The molecule has 1 aliphatic heterocycles. The van der Waals surface area contributed by atoms with Crippen LogP contribution in [0.2, 0.25) is 10.0 Å². The van der Waals surface area contributed by atoms with Gasteiger partial charge in [-0.05, 0) is 48.5 Å². The maximum Gasteiger partial charge on any atom is 0.256 e. The molecule has 202 valence electrons. The number of piperazine rings is 1. The van der Waals surface area contributed by atoms with Crippen LogP contribution in [0.3, 0.4) is 0 Å². The highest BCUT2D eigenvalue weighted by Crippen LogP contribution is 2.29. The first kappa shape index (κ1) is 25.9. The number of aromatic amines is 1. The summed E-state index contributed by atoms with van der Waals surface area (Å²) in [5, 5.41) is 11.3. The molecule has 0 unspecified atom stereocenters. The molecule has 0 spiro atoms. The minimum atomic E-state index is -0.274. The highest BCUT2D eigenvalue weighted by molar-refractivity contribution is 6.36. The summed E-state index contributed by atoms with van der Waals surface area (Å²) in [5.74, 6) is 0.213. The van der Waals surface area contributed by atoms with Gasteiger partial charge < -0.3 is 19.7 Å². The molecule has 1 saturated heterocycles. The zero-order valence-corrected chi connectivity index (χ0v) is 23.1. The Morgan fingerprint density at radius 3 is 2.55 bits per heavy atom. The van der Waals surface area contributed by atoms with Crippen LogP contribution in [0.4, 0.5) is 11.5 Å². The second-order valence-electron chi connectivity index (χ2n) is 9.68. The van der Waals surface area contributed by atoms with Gasteiger partial charge in [-0.3, -0.25) is 14.7 Å². The average Bonchev–Trinajstić information content (AvgIpc) is 3.59. The molecule has 0 aliphatic carbocycles. The molecule has 2 amide bonds. The number of fused-ring (bicyclic) bond motifs is 1. The van der Waals surface area contributed by atoms with Gasteiger partial charge >= 0.3 is 0 Å². The number of halogens is 2. The lowest BCUT2D eigenvalue weighted by Crippen LogP contribution is -2.48. The molecule has 5 aromatic rings. The summed E-state index contributed by atoms with van der Waals surface area (Å²) >= 11 is 12.8. The van der Waals surface area contributed by atoms with Crippen LogP contribution in [-0.2, 0) is 11.3 Å². The molecule has 11 heteroatoms. The van der Waals surface area contributed by atoms with Crippen LogP contribution in [0, 0.1) is 0 Å². The molecule has 6 rings (SSSR count). The van der Waals surface area contributed by atoms with Gasteiger partial charge in [0.1, 0.15) is 0 Å². The lowest BCUT2D eigenvalue weighted by atomic mass is 10.1. The summed E-state index contributed by atoms with van der Waals surface area (Å²) in [7, 11) is 1.81. The number of likely N-dealkylation sites (N-methyl/N-ethyl adjacent to an activating group) is 1. The van der Waals surface area contributed by atoms with Gasteiger partial charge in [0, 0.05) is 58.6 Å². The van der Waals surface area contributed by atoms with Crippen molar-refractivity contribution in [2.45, 2.75) is 6.54 Å². The molecule has 2 aromatic heterocycles. The van der Waals surface area contributed by atoms with Crippen molar-refractivity contribution in [3.05, 3.63) is 94.2 Å². The summed E-state index contributed by atoms with van der Waals surface area (Å²) < 4.78 is 1.99. The molecule has 0 radical (unpaired) electrons. The second-order valence-corrected chi connectivity index (χ2v) is 10.5. The van der Waals surface area contributed by atoms with E-state index in [4.69, 9.17) is 23.2 Å². The normalized spacial score (nSPS) is 13.7. The number of nitrogens with zero attached hydrogens (tertiary/aromatic N) is 5. The monoisotopic (exact) mass is 573 g/mol. The Labute approximate surface area is 240 Å². The quantitative estimate of drug-likeness (QED) is 0.286. The van der Waals surface area contributed by atoms with Crippen LogP contribution in [-0.4, -0.2) is 63.1 Å². The van der Waals surface area contributed by atoms with Crippen LogP contribution in [0.1, 0.15) is 15.9 Å². The fraction of sp³-hybridized carbons (Fsp3) is 0.172. The highest BCUT2D eigenvalue weighted by atomic mass is 35.5. The van der Waals surface area contributed by atoms with Crippen molar-refractivity contribution in [2.75, 3.05) is 36.9 Å². The van der Waals surface area contributed by atoms with E-state index in [0.29, 0.717) is 41.1 Å². The van der Waals surface area contributed by atoms with Crippen LogP contribution >= 0.6 is 23.2 Å². The zero-order valence-electron chi connectivity index (χ0n) is 21.6. The SMILES string of the molecule is CN1CCN(c2ccc(C(=O)Nc3cc(-c4ccc5ncn(Cc6c(Cl)cccc6Cl)c5c4)[nH]n3)cc2)CC1=O. The van der Waals surface area contributed by atoms with Crippen molar-refractivity contribution in [3.8, 4) is 11.3 Å². The molecular weight excluding hydrogens is 549 g/mol. The molecule has 2 N–H and O–H groups in total. The van der Waals surface area contributed by atoms with Gasteiger partial charge in [-0.2, -0.15) is 5.10 Å². The number of aromatic nitrogens is 4.